The number of nitrogens with zero attached hydrogens (tertiary/aromatic N) is 1. The Labute approximate surface area is 142 Å². The van der Waals surface area contributed by atoms with Crippen LogP contribution in [0.2, 0.25) is 5.02 Å². The van der Waals surface area contributed by atoms with Crippen molar-refractivity contribution in [1.82, 2.24) is 0 Å². The summed E-state index contributed by atoms with van der Waals surface area (Å²) in [6.45, 7) is 4.77. The fourth-order valence-electron chi connectivity index (χ4n) is 3.59. The molecule has 2 amide bonds. The highest BCUT2D eigenvalue weighted by Gasteiger charge is 2.52. The molecule has 1 unspecified atom stereocenters. The number of rotatable bonds is 5. The SMILES string of the molecule is CC(C)(N)C[N+]1(C(=O)Cc2ccc(Cl)cc2)CCC[C@H]1C(N)=O. The van der Waals surface area contributed by atoms with E-state index in [2.05, 4.69) is 0 Å². The van der Waals surface area contributed by atoms with E-state index < -0.39 is 17.5 Å². The number of hydrogen-bond acceptors (Lipinski definition) is 3. The minimum Gasteiger partial charge on any atom is -0.364 e. The van der Waals surface area contributed by atoms with Crippen LogP contribution in [0.1, 0.15) is 32.3 Å². The van der Waals surface area contributed by atoms with E-state index in [1.165, 1.54) is 0 Å². The van der Waals surface area contributed by atoms with Crippen molar-refractivity contribution in [2.24, 2.45) is 11.5 Å². The second kappa shape index (κ2) is 6.59. The molecule has 0 spiro atoms. The van der Waals surface area contributed by atoms with Crippen molar-refractivity contribution < 1.29 is 14.1 Å². The second-order valence-electron chi connectivity index (χ2n) is 7.16. The molecule has 0 aliphatic carbocycles. The number of halogens is 1. The van der Waals surface area contributed by atoms with Crippen LogP contribution in [0.5, 0.6) is 0 Å². The third-order valence-corrected chi connectivity index (χ3v) is 4.67. The van der Waals surface area contributed by atoms with Crippen LogP contribution in [0.3, 0.4) is 0 Å². The summed E-state index contributed by atoms with van der Waals surface area (Å²) in [6, 6.07) is 6.70. The first-order valence-electron chi connectivity index (χ1n) is 7.87. The van der Waals surface area contributed by atoms with Crippen molar-refractivity contribution in [3.63, 3.8) is 0 Å². The largest absolute Gasteiger partial charge is 0.364 e. The van der Waals surface area contributed by atoms with Gasteiger partial charge in [0.1, 0.15) is 6.54 Å². The van der Waals surface area contributed by atoms with E-state index in [1.54, 1.807) is 12.1 Å². The number of amides is 2. The predicted octanol–water partition coefficient (Wildman–Crippen LogP) is 1.61. The number of likely N-dealkylation sites (tertiary alicyclic amines) is 1. The number of carbonyl (C=O) groups excluding carboxylic acids is 2. The van der Waals surface area contributed by atoms with Gasteiger partial charge in [-0.05, 0) is 31.5 Å². The number of hydrogen-bond donors (Lipinski definition) is 2. The summed E-state index contributed by atoms with van der Waals surface area (Å²) in [5.41, 5.74) is 12.1. The Morgan fingerprint density at radius 2 is 1.91 bits per heavy atom. The maximum atomic E-state index is 13.1. The smallest absolute Gasteiger partial charge is 0.318 e. The molecule has 6 heteroatoms. The molecule has 1 aliphatic rings. The molecule has 1 aromatic rings. The van der Waals surface area contributed by atoms with E-state index in [4.69, 9.17) is 23.1 Å². The Kier molecular flexibility index (Phi) is 5.14. The average Bonchev–Trinajstić information content (AvgIpc) is 2.84. The highest BCUT2D eigenvalue weighted by atomic mass is 35.5. The summed E-state index contributed by atoms with van der Waals surface area (Å²) >= 11 is 5.89. The maximum Gasteiger partial charge on any atom is 0.318 e. The zero-order chi connectivity index (χ0) is 17.3. The van der Waals surface area contributed by atoms with Crippen molar-refractivity contribution in [2.75, 3.05) is 13.1 Å². The summed E-state index contributed by atoms with van der Waals surface area (Å²) in [5, 5.41) is 0.629. The molecule has 0 saturated carbocycles. The van der Waals surface area contributed by atoms with Crippen LogP contribution in [0.25, 0.3) is 0 Å². The molecule has 4 N–H and O–H groups in total. The standard InChI is InChI=1S/C17H24ClN3O2/c1-17(2,20)11-21(9-3-4-14(21)16(19)23)15(22)10-12-5-7-13(18)8-6-12/h5-8,14H,3-4,9-11,20H2,1-2H3,(H-,19,23)/p+1/t14-,21?/m0/s1. The van der Waals surface area contributed by atoms with Gasteiger partial charge >= 0.3 is 5.91 Å². The van der Waals surface area contributed by atoms with E-state index in [0.717, 1.165) is 12.0 Å². The topological polar surface area (TPSA) is 86.2 Å². The van der Waals surface area contributed by atoms with Crippen molar-refractivity contribution in [3.8, 4) is 0 Å². The monoisotopic (exact) mass is 338 g/mol. The Hall–Kier alpha value is -1.43. The van der Waals surface area contributed by atoms with Gasteiger partial charge in [-0.15, -0.1) is 0 Å². The van der Waals surface area contributed by atoms with Crippen LogP contribution >= 0.6 is 11.6 Å². The Morgan fingerprint density at radius 3 is 2.43 bits per heavy atom. The molecule has 0 bridgehead atoms. The van der Waals surface area contributed by atoms with Gasteiger partial charge in [0, 0.05) is 17.9 Å². The number of carbonyl (C=O) groups is 2. The normalized spacial score (nSPS) is 24.6. The van der Waals surface area contributed by atoms with Gasteiger partial charge in [-0.25, -0.2) is 9.28 Å². The Balaban J connectivity index is 2.31. The highest BCUT2D eigenvalue weighted by Crippen LogP contribution is 2.31. The lowest BCUT2D eigenvalue weighted by Crippen LogP contribution is -2.66. The van der Waals surface area contributed by atoms with Crippen LogP contribution in [0.15, 0.2) is 24.3 Å². The van der Waals surface area contributed by atoms with Gasteiger partial charge in [-0.2, -0.15) is 0 Å². The van der Waals surface area contributed by atoms with Gasteiger partial charge in [0.15, 0.2) is 6.04 Å². The number of benzene rings is 1. The Bertz CT molecular complexity index is 595. The summed E-state index contributed by atoms with van der Waals surface area (Å²) in [6.07, 6.45) is 1.69. The zero-order valence-electron chi connectivity index (χ0n) is 13.7. The number of nitrogens with two attached hydrogens (primary N) is 2. The zero-order valence-corrected chi connectivity index (χ0v) is 14.5. The van der Waals surface area contributed by atoms with Gasteiger partial charge in [-0.1, -0.05) is 23.7 Å². The molecule has 0 radical (unpaired) electrons. The minimum atomic E-state index is -0.562. The first-order chi connectivity index (χ1) is 10.6. The van der Waals surface area contributed by atoms with Crippen LogP contribution in [0.4, 0.5) is 0 Å². The lowest BCUT2D eigenvalue weighted by atomic mass is 10.0. The van der Waals surface area contributed by atoms with Crippen LogP contribution in [-0.4, -0.2) is 41.0 Å². The molecular weight excluding hydrogens is 314 g/mol. The van der Waals surface area contributed by atoms with Crippen molar-refractivity contribution in [1.29, 1.82) is 0 Å². The van der Waals surface area contributed by atoms with Gasteiger partial charge in [0.25, 0.3) is 5.91 Å². The van der Waals surface area contributed by atoms with Crippen LogP contribution < -0.4 is 11.5 Å². The fourth-order valence-corrected chi connectivity index (χ4v) is 3.72. The van der Waals surface area contributed by atoms with Gasteiger partial charge in [0.05, 0.1) is 18.5 Å². The molecule has 23 heavy (non-hydrogen) atoms. The van der Waals surface area contributed by atoms with Crippen molar-refractivity contribution in [3.05, 3.63) is 34.9 Å². The lowest BCUT2D eigenvalue weighted by Gasteiger charge is -2.40. The molecule has 1 heterocycles. The van der Waals surface area contributed by atoms with E-state index in [0.29, 0.717) is 24.5 Å². The summed E-state index contributed by atoms with van der Waals surface area (Å²) in [5.74, 6) is -0.427. The van der Waals surface area contributed by atoms with Crippen LogP contribution in [-0.2, 0) is 16.0 Å². The summed E-state index contributed by atoms with van der Waals surface area (Å²) in [4.78, 5) is 25.0. The van der Waals surface area contributed by atoms with E-state index in [1.807, 2.05) is 26.0 Å². The number of quaternary nitrogens is 1. The van der Waals surface area contributed by atoms with E-state index >= 15 is 0 Å². The van der Waals surface area contributed by atoms with Crippen LogP contribution in [0, 0.1) is 0 Å². The molecule has 2 atom stereocenters. The van der Waals surface area contributed by atoms with Gasteiger partial charge in [0.2, 0.25) is 0 Å². The average molecular weight is 339 g/mol. The molecule has 1 aliphatic heterocycles. The molecule has 126 valence electrons. The predicted molar refractivity (Wildman–Crippen MR) is 90.6 cm³/mol. The third-order valence-electron chi connectivity index (χ3n) is 4.41. The third kappa shape index (κ3) is 4.10. The molecule has 2 rings (SSSR count). The minimum absolute atomic E-state index is 0.00727. The molecule has 1 aromatic carbocycles. The molecule has 0 aromatic heterocycles. The van der Waals surface area contributed by atoms with E-state index in [-0.39, 0.29) is 16.8 Å². The highest BCUT2D eigenvalue weighted by molar-refractivity contribution is 6.30. The fraction of sp³-hybridized carbons (Fsp3) is 0.529. The summed E-state index contributed by atoms with van der Waals surface area (Å²) < 4.78 is 0.0570. The molecule has 1 saturated heterocycles. The number of primary amides is 1. The lowest BCUT2D eigenvalue weighted by molar-refractivity contribution is -0.860. The first kappa shape index (κ1) is 17.9. The van der Waals surface area contributed by atoms with Crippen molar-refractivity contribution >= 4 is 23.4 Å². The molecule has 5 nitrogen and oxygen atoms in total. The van der Waals surface area contributed by atoms with Gasteiger partial charge in [-0.3, -0.25) is 4.79 Å². The van der Waals surface area contributed by atoms with E-state index in [9.17, 15) is 9.59 Å². The summed E-state index contributed by atoms with van der Waals surface area (Å²) in [7, 11) is 0. The maximum absolute atomic E-state index is 13.1. The van der Waals surface area contributed by atoms with Crippen molar-refractivity contribution in [2.45, 2.75) is 44.7 Å². The first-order valence-corrected chi connectivity index (χ1v) is 8.25. The molecular formula is C17H25ClN3O2+. The second-order valence-corrected chi connectivity index (χ2v) is 7.60. The van der Waals surface area contributed by atoms with Gasteiger partial charge < -0.3 is 11.5 Å². The molecule has 1 fully saturated rings. The Morgan fingerprint density at radius 1 is 1.30 bits per heavy atom. The quantitative estimate of drug-likeness (QED) is 0.800.